The van der Waals surface area contributed by atoms with Crippen molar-refractivity contribution < 1.29 is 15.0 Å². The maximum Gasteiger partial charge on any atom is 0.336 e. The Kier molecular flexibility index (Phi) is 3.04. The van der Waals surface area contributed by atoms with Crippen molar-refractivity contribution in [3.63, 3.8) is 0 Å². The van der Waals surface area contributed by atoms with Gasteiger partial charge in [-0.25, -0.2) is 4.79 Å². The van der Waals surface area contributed by atoms with E-state index in [1.165, 1.54) is 6.08 Å². The Balaban J connectivity index is 4.86. The molecule has 0 radical (unpaired) electrons. The van der Waals surface area contributed by atoms with E-state index in [2.05, 4.69) is 6.58 Å². The van der Waals surface area contributed by atoms with E-state index < -0.39 is 17.0 Å². The largest absolute Gasteiger partial charge is 0.479 e. The predicted molar refractivity (Wildman–Crippen MR) is 46.9 cm³/mol. The molecule has 0 aromatic rings. The Bertz CT molecular complexity index is 190. The second kappa shape index (κ2) is 3.27. The van der Waals surface area contributed by atoms with Gasteiger partial charge in [-0.3, -0.25) is 0 Å². The third-order valence-corrected chi connectivity index (χ3v) is 2.03. The highest BCUT2D eigenvalue weighted by atomic mass is 16.4. The molecule has 0 saturated heterocycles. The van der Waals surface area contributed by atoms with Crippen LogP contribution in [-0.2, 0) is 4.79 Å². The molecule has 1 atom stereocenters. The number of carbonyl (C=O) groups is 1. The van der Waals surface area contributed by atoms with E-state index in [4.69, 9.17) is 5.11 Å². The van der Waals surface area contributed by atoms with Crippen LogP contribution in [0.1, 0.15) is 27.2 Å². The molecule has 3 heteroatoms. The molecule has 0 aliphatic heterocycles. The number of carboxylic acids is 1. The van der Waals surface area contributed by atoms with E-state index >= 15 is 0 Å². The molecule has 0 aliphatic carbocycles. The smallest absolute Gasteiger partial charge is 0.336 e. The molecule has 3 nitrogen and oxygen atoms in total. The molecule has 12 heavy (non-hydrogen) atoms. The molecule has 0 aliphatic rings. The molecule has 0 bridgehead atoms. The molecule has 0 spiro atoms. The van der Waals surface area contributed by atoms with E-state index in [0.29, 0.717) is 0 Å². The molecule has 70 valence electrons. The average Bonchev–Trinajstić information content (AvgIpc) is 1.85. The van der Waals surface area contributed by atoms with E-state index in [1.807, 2.05) is 0 Å². The van der Waals surface area contributed by atoms with E-state index in [1.54, 1.807) is 20.8 Å². The van der Waals surface area contributed by atoms with E-state index in [0.717, 1.165) is 0 Å². The minimum Gasteiger partial charge on any atom is -0.479 e. The second-order valence-corrected chi connectivity index (χ2v) is 3.91. The summed E-state index contributed by atoms with van der Waals surface area (Å²) in [6.07, 6.45) is 1.48. The van der Waals surface area contributed by atoms with Crippen molar-refractivity contribution in [3.8, 4) is 0 Å². The Morgan fingerprint density at radius 3 is 2.00 bits per heavy atom. The number of carboxylic acid groups (broad SMARTS) is 1. The van der Waals surface area contributed by atoms with Gasteiger partial charge in [0, 0.05) is 11.8 Å². The average molecular weight is 172 g/mol. The summed E-state index contributed by atoms with van der Waals surface area (Å²) in [5.41, 5.74) is -2.40. The van der Waals surface area contributed by atoms with Crippen molar-refractivity contribution in [2.24, 2.45) is 5.41 Å². The Hall–Kier alpha value is -0.830. The van der Waals surface area contributed by atoms with Crippen molar-refractivity contribution >= 4 is 5.97 Å². The van der Waals surface area contributed by atoms with Gasteiger partial charge in [-0.1, -0.05) is 26.8 Å². The van der Waals surface area contributed by atoms with Crippen LogP contribution >= 0.6 is 0 Å². The van der Waals surface area contributed by atoms with Gasteiger partial charge >= 0.3 is 5.97 Å². The van der Waals surface area contributed by atoms with E-state index in [-0.39, 0.29) is 6.42 Å². The van der Waals surface area contributed by atoms with Crippen molar-refractivity contribution in [1.82, 2.24) is 0 Å². The van der Waals surface area contributed by atoms with Crippen LogP contribution in [0.4, 0.5) is 0 Å². The van der Waals surface area contributed by atoms with Gasteiger partial charge in [0.1, 0.15) is 0 Å². The molecule has 0 amide bonds. The van der Waals surface area contributed by atoms with Crippen LogP contribution in [0.5, 0.6) is 0 Å². The lowest BCUT2D eigenvalue weighted by Gasteiger charge is -2.35. The summed E-state index contributed by atoms with van der Waals surface area (Å²) >= 11 is 0. The molecule has 0 rings (SSSR count). The zero-order chi connectivity index (χ0) is 9.99. The van der Waals surface area contributed by atoms with Gasteiger partial charge < -0.3 is 10.2 Å². The van der Waals surface area contributed by atoms with Crippen molar-refractivity contribution in [1.29, 1.82) is 0 Å². The summed E-state index contributed by atoms with van der Waals surface area (Å²) < 4.78 is 0. The highest BCUT2D eigenvalue weighted by molar-refractivity contribution is 5.78. The lowest BCUT2D eigenvalue weighted by molar-refractivity contribution is -0.170. The zero-order valence-corrected chi connectivity index (χ0v) is 7.79. The van der Waals surface area contributed by atoms with Crippen molar-refractivity contribution in [3.05, 3.63) is 12.7 Å². The highest BCUT2D eigenvalue weighted by Crippen LogP contribution is 2.33. The number of rotatable bonds is 3. The molecule has 0 heterocycles. The number of aliphatic carboxylic acids is 1. The van der Waals surface area contributed by atoms with Crippen LogP contribution in [0.15, 0.2) is 12.7 Å². The molecular formula is C9H16O3. The summed E-state index contributed by atoms with van der Waals surface area (Å²) in [5.74, 6) is -1.20. The first-order chi connectivity index (χ1) is 5.25. The Morgan fingerprint density at radius 2 is 1.92 bits per heavy atom. The fourth-order valence-corrected chi connectivity index (χ4v) is 0.923. The van der Waals surface area contributed by atoms with Crippen LogP contribution in [0.2, 0.25) is 0 Å². The Morgan fingerprint density at radius 1 is 1.50 bits per heavy atom. The van der Waals surface area contributed by atoms with Crippen LogP contribution in [0.3, 0.4) is 0 Å². The zero-order valence-electron chi connectivity index (χ0n) is 7.79. The first kappa shape index (κ1) is 11.2. The first-order valence-electron chi connectivity index (χ1n) is 3.82. The normalized spacial score (nSPS) is 16.7. The van der Waals surface area contributed by atoms with Crippen LogP contribution < -0.4 is 0 Å². The van der Waals surface area contributed by atoms with Gasteiger partial charge in [0.25, 0.3) is 0 Å². The first-order valence-corrected chi connectivity index (χ1v) is 3.82. The van der Waals surface area contributed by atoms with Gasteiger partial charge in [0.05, 0.1) is 0 Å². The minimum absolute atomic E-state index is 0.0613. The lowest BCUT2D eigenvalue weighted by Crippen LogP contribution is -2.49. The standard InChI is InChI=1S/C9H16O3/c1-5-6-9(12,7(10)11)8(2,3)4/h5,12H,1,6H2,2-4H3,(H,10,11). The molecule has 2 N–H and O–H groups in total. The summed E-state index contributed by atoms with van der Waals surface area (Å²) in [5, 5.41) is 18.6. The Labute approximate surface area is 72.7 Å². The number of aliphatic hydroxyl groups is 1. The van der Waals surface area contributed by atoms with Crippen molar-refractivity contribution in [2.45, 2.75) is 32.8 Å². The quantitative estimate of drug-likeness (QED) is 0.633. The summed E-state index contributed by atoms with van der Waals surface area (Å²) in [7, 11) is 0. The SMILES string of the molecule is C=CCC(O)(C(=O)O)C(C)(C)C. The lowest BCUT2D eigenvalue weighted by atomic mass is 9.74. The summed E-state index contributed by atoms with van der Waals surface area (Å²) in [6, 6.07) is 0. The third-order valence-electron chi connectivity index (χ3n) is 2.03. The fraction of sp³-hybridized carbons (Fsp3) is 0.667. The van der Waals surface area contributed by atoms with Gasteiger partial charge in [0.15, 0.2) is 5.60 Å². The maximum absolute atomic E-state index is 10.8. The van der Waals surface area contributed by atoms with E-state index in [9.17, 15) is 9.90 Å². The second-order valence-electron chi connectivity index (χ2n) is 3.91. The van der Waals surface area contributed by atoms with Crippen LogP contribution in [0.25, 0.3) is 0 Å². The predicted octanol–water partition coefficient (Wildman–Crippen LogP) is 1.42. The van der Waals surface area contributed by atoms with Gasteiger partial charge in [-0.15, -0.1) is 6.58 Å². The van der Waals surface area contributed by atoms with Crippen LogP contribution in [0, 0.1) is 5.41 Å². The van der Waals surface area contributed by atoms with Gasteiger partial charge in [0.2, 0.25) is 0 Å². The fourth-order valence-electron chi connectivity index (χ4n) is 0.923. The highest BCUT2D eigenvalue weighted by Gasteiger charge is 2.45. The topological polar surface area (TPSA) is 57.5 Å². The minimum atomic E-state index is -1.71. The monoisotopic (exact) mass is 172 g/mol. The number of hydrogen-bond donors (Lipinski definition) is 2. The van der Waals surface area contributed by atoms with Gasteiger partial charge in [-0.05, 0) is 0 Å². The number of hydrogen-bond acceptors (Lipinski definition) is 2. The summed E-state index contributed by atoms with van der Waals surface area (Å²) in [6.45, 7) is 8.47. The van der Waals surface area contributed by atoms with Crippen molar-refractivity contribution in [2.75, 3.05) is 0 Å². The summed E-state index contributed by atoms with van der Waals surface area (Å²) in [4.78, 5) is 10.8. The molecule has 0 saturated carbocycles. The maximum atomic E-state index is 10.8. The van der Waals surface area contributed by atoms with Crippen LogP contribution in [-0.4, -0.2) is 21.8 Å². The molecular weight excluding hydrogens is 156 g/mol. The third kappa shape index (κ3) is 1.85. The molecule has 0 fully saturated rings. The molecule has 1 unspecified atom stereocenters. The molecule has 0 aromatic carbocycles. The van der Waals surface area contributed by atoms with Gasteiger partial charge in [-0.2, -0.15) is 0 Å². The molecule has 0 aromatic heterocycles.